The Morgan fingerprint density at radius 2 is 2.00 bits per heavy atom. The summed E-state index contributed by atoms with van der Waals surface area (Å²) in [6, 6.07) is 9.68. The molecule has 0 aliphatic rings. The van der Waals surface area contributed by atoms with Crippen LogP contribution in [-0.4, -0.2) is 42.1 Å². The number of hydrogen-bond acceptors (Lipinski definition) is 3. The van der Waals surface area contributed by atoms with Crippen LogP contribution in [0.25, 0.3) is 0 Å². The molecule has 1 N–H and O–H groups in total. The van der Waals surface area contributed by atoms with E-state index in [0.717, 1.165) is 35.1 Å². The third-order valence-corrected chi connectivity index (χ3v) is 4.73. The van der Waals surface area contributed by atoms with Crippen molar-refractivity contribution in [2.24, 2.45) is 0 Å². The molecule has 2 aromatic rings. The lowest BCUT2D eigenvalue weighted by Crippen LogP contribution is -2.40. The van der Waals surface area contributed by atoms with Crippen LogP contribution in [0.3, 0.4) is 0 Å². The number of rotatable bonds is 6. The van der Waals surface area contributed by atoms with E-state index in [1.807, 2.05) is 51.4 Å². The van der Waals surface area contributed by atoms with Crippen molar-refractivity contribution in [3.05, 3.63) is 52.9 Å². The van der Waals surface area contributed by atoms with Crippen molar-refractivity contribution in [3.63, 3.8) is 0 Å². The highest BCUT2D eigenvalue weighted by atomic mass is 35.5. The Bertz CT molecular complexity index is 673. The van der Waals surface area contributed by atoms with Crippen LogP contribution in [0.4, 0.5) is 5.69 Å². The maximum atomic E-state index is 6.20. The summed E-state index contributed by atoms with van der Waals surface area (Å²) in [6.45, 7) is 5.75. The van der Waals surface area contributed by atoms with Crippen LogP contribution in [0.15, 0.2) is 41.0 Å². The highest BCUT2D eigenvalue weighted by molar-refractivity contribution is 7.80. The summed E-state index contributed by atoms with van der Waals surface area (Å²) < 4.78 is 5.56. The highest BCUT2D eigenvalue weighted by Crippen LogP contribution is 2.25. The zero-order valence-electron chi connectivity index (χ0n) is 14.5. The van der Waals surface area contributed by atoms with E-state index in [2.05, 4.69) is 22.0 Å². The molecule has 0 saturated heterocycles. The molecular weight excluding hydrogens is 342 g/mol. The van der Waals surface area contributed by atoms with Crippen molar-refractivity contribution >= 4 is 34.6 Å². The molecule has 4 nitrogen and oxygen atoms in total. The molecule has 2 rings (SSSR count). The monoisotopic (exact) mass is 365 g/mol. The molecule has 0 unspecified atom stereocenters. The van der Waals surface area contributed by atoms with Crippen LogP contribution in [0, 0.1) is 6.92 Å². The third-order valence-electron chi connectivity index (χ3n) is 3.98. The number of nitrogens with one attached hydrogen (secondary N) is 1. The second-order valence-corrected chi connectivity index (χ2v) is 6.82. The Morgan fingerprint density at radius 3 is 2.62 bits per heavy atom. The van der Waals surface area contributed by atoms with Gasteiger partial charge in [-0.3, -0.25) is 0 Å². The summed E-state index contributed by atoms with van der Waals surface area (Å²) in [7, 11) is 4.10. The van der Waals surface area contributed by atoms with Gasteiger partial charge in [-0.05, 0) is 70.0 Å². The largest absolute Gasteiger partial charge is 0.467 e. The Kier molecular flexibility index (Phi) is 6.66. The van der Waals surface area contributed by atoms with Crippen molar-refractivity contribution in [2.45, 2.75) is 19.9 Å². The summed E-state index contributed by atoms with van der Waals surface area (Å²) in [6.07, 6.45) is 1.69. The summed E-state index contributed by atoms with van der Waals surface area (Å²) in [5.41, 5.74) is 1.91. The number of anilines is 1. The molecule has 6 heteroatoms. The van der Waals surface area contributed by atoms with Gasteiger partial charge in [0.1, 0.15) is 5.76 Å². The first-order valence-corrected chi connectivity index (χ1v) is 8.69. The lowest BCUT2D eigenvalue weighted by molar-refractivity contribution is 0.263. The van der Waals surface area contributed by atoms with Gasteiger partial charge in [0, 0.05) is 23.8 Å². The third kappa shape index (κ3) is 4.72. The molecule has 0 bridgehead atoms. The first-order valence-electron chi connectivity index (χ1n) is 7.91. The number of halogens is 1. The van der Waals surface area contributed by atoms with Gasteiger partial charge in [0.05, 0.1) is 12.3 Å². The second kappa shape index (κ2) is 8.51. The number of furan rings is 1. The molecular formula is C18H24ClN3OS. The van der Waals surface area contributed by atoms with E-state index in [9.17, 15) is 0 Å². The molecule has 0 aliphatic carbocycles. The van der Waals surface area contributed by atoms with Crippen LogP contribution in [0.2, 0.25) is 5.02 Å². The summed E-state index contributed by atoms with van der Waals surface area (Å²) in [5, 5.41) is 4.71. The van der Waals surface area contributed by atoms with E-state index >= 15 is 0 Å². The number of thiocarbonyl (C=S) groups is 1. The van der Waals surface area contributed by atoms with Crippen LogP contribution in [0.1, 0.15) is 24.3 Å². The maximum Gasteiger partial charge on any atom is 0.174 e. The summed E-state index contributed by atoms with van der Waals surface area (Å²) in [4.78, 5) is 4.27. The SMILES string of the molecule is Cc1c(Cl)cccc1NC(=S)N(CCN(C)C)[C@@H](C)c1ccco1. The normalized spacial score (nSPS) is 12.2. The first-order chi connectivity index (χ1) is 11.4. The van der Waals surface area contributed by atoms with Gasteiger partial charge in [0.25, 0.3) is 0 Å². The fourth-order valence-electron chi connectivity index (χ4n) is 2.39. The predicted molar refractivity (Wildman–Crippen MR) is 105 cm³/mol. The number of hydrogen-bond donors (Lipinski definition) is 1. The lowest BCUT2D eigenvalue weighted by atomic mass is 10.2. The van der Waals surface area contributed by atoms with Gasteiger partial charge in [0.15, 0.2) is 5.11 Å². The van der Waals surface area contributed by atoms with Crippen LogP contribution in [-0.2, 0) is 0 Å². The molecule has 0 amide bonds. The average Bonchev–Trinajstić information content (AvgIpc) is 3.06. The quantitative estimate of drug-likeness (QED) is 0.758. The molecule has 0 fully saturated rings. The maximum absolute atomic E-state index is 6.20. The molecule has 130 valence electrons. The Morgan fingerprint density at radius 1 is 1.25 bits per heavy atom. The Hall–Kier alpha value is -1.56. The predicted octanol–water partition coefficient (Wildman–Crippen LogP) is 4.56. The van der Waals surface area contributed by atoms with Gasteiger partial charge in [-0.15, -0.1) is 0 Å². The molecule has 1 aromatic heterocycles. The van der Waals surface area contributed by atoms with E-state index in [-0.39, 0.29) is 6.04 Å². The Balaban J connectivity index is 2.18. The fourth-order valence-corrected chi connectivity index (χ4v) is 2.93. The molecule has 1 aromatic carbocycles. The van der Waals surface area contributed by atoms with E-state index < -0.39 is 0 Å². The van der Waals surface area contributed by atoms with Crippen LogP contribution >= 0.6 is 23.8 Å². The summed E-state index contributed by atoms with van der Waals surface area (Å²) >= 11 is 11.9. The van der Waals surface area contributed by atoms with Gasteiger partial charge in [-0.25, -0.2) is 0 Å². The van der Waals surface area contributed by atoms with Crippen molar-refractivity contribution in [2.75, 3.05) is 32.5 Å². The van der Waals surface area contributed by atoms with Gasteiger partial charge >= 0.3 is 0 Å². The van der Waals surface area contributed by atoms with E-state index in [0.29, 0.717) is 5.11 Å². The average molecular weight is 366 g/mol. The molecule has 24 heavy (non-hydrogen) atoms. The smallest absolute Gasteiger partial charge is 0.174 e. The topological polar surface area (TPSA) is 31.6 Å². The number of likely N-dealkylation sites (N-methyl/N-ethyl adjacent to an activating group) is 1. The standard InChI is InChI=1S/C18H24ClN3OS/c1-13-15(19)7-5-8-16(13)20-18(24)22(11-10-21(3)4)14(2)17-9-6-12-23-17/h5-9,12,14H,10-11H2,1-4H3,(H,20,24)/t14-/m0/s1. The van der Waals surface area contributed by atoms with Crippen LogP contribution < -0.4 is 5.32 Å². The van der Waals surface area contributed by atoms with Gasteiger partial charge < -0.3 is 19.5 Å². The minimum Gasteiger partial charge on any atom is -0.467 e. The molecule has 0 aliphatic heterocycles. The fraction of sp³-hybridized carbons (Fsp3) is 0.389. The lowest BCUT2D eigenvalue weighted by Gasteiger charge is -2.32. The van der Waals surface area contributed by atoms with Gasteiger partial charge in [-0.1, -0.05) is 17.7 Å². The number of benzene rings is 1. The highest BCUT2D eigenvalue weighted by Gasteiger charge is 2.21. The van der Waals surface area contributed by atoms with Crippen molar-refractivity contribution in [1.82, 2.24) is 9.80 Å². The first kappa shape index (κ1) is 18.8. The Labute approximate surface area is 154 Å². The van der Waals surface area contributed by atoms with E-state index in [1.54, 1.807) is 6.26 Å². The molecule has 0 saturated carbocycles. The van der Waals surface area contributed by atoms with Crippen LogP contribution in [0.5, 0.6) is 0 Å². The summed E-state index contributed by atoms with van der Waals surface area (Å²) in [5.74, 6) is 0.890. The zero-order valence-corrected chi connectivity index (χ0v) is 16.1. The molecule has 0 spiro atoms. The van der Waals surface area contributed by atoms with Crippen molar-refractivity contribution in [3.8, 4) is 0 Å². The minimum absolute atomic E-state index is 0.0411. The van der Waals surface area contributed by atoms with Gasteiger partial charge in [0.2, 0.25) is 0 Å². The van der Waals surface area contributed by atoms with Gasteiger partial charge in [-0.2, -0.15) is 0 Å². The number of nitrogens with zero attached hydrogens (tertiary/aromatic N) is 2. The second-order valence-electron chi connectivity index (χ2n) is 6.03. The molecule has 1 heterocycles. The zero-order chi connectivity index (χ0) is 17.7. The molecule has 1 atom stereocenters. The molecule has 0 radical (unpaired) electrons. The van der Waals surface area contributed by atoms with Crippen molar-refractivity contribution < 1.29 is 4.42 Å². The minimum atomic E-state index is 0.0411. The van der Waals surface area contributed by atoms with E-state index in [1.165, 1.54) is 0 Å². The van der Waals surface area contributed by atoms with E-state index in [4.69, 9.17) is 28.2 Å². The van der Waals surface area contributed by atoms with Crippen molar-refractivity contribution in [1.29, 1.82) is 0 Å².